The van der Waals surface area contributed by atoms with Crippen molar-refractivity contribution in [3.05, 3.63) is 28.2 Å². The number of aromatic nitrogens is 2. The molecule has 1 N–H and O–H groups in total. The SMILES string of the molecule is CC(O)c1ccc(Br)cc1Sc1nnc(N(C)C)s1. The van der Waals surface area contributed by atoms with E-state index in [9.17, 15) is 5.11 Å². The summed E-state index contributed by atoms with van der Waals surface area (Å²) in [6.45, 7) is 1.76. The van der Waals surface area contributed by atoms with Gasteiger partial charge in [-0.3, -0.25) is 0 Å². The first kappa shape index (κ1) is 14.8. The Morgan fingerprint density at radius 3 is 2.68 bits per heavy atom. The molecule has 0 saturated heterocycles. The third kappa shape index (κ3) is 3.68. The predicted molar refractivity (Wildman–Crippen MR) is 83.1 cm³/mol. The summed E-state index contributed by atoms with van der Waals surface area (Å²) in [5, 5.41) is 18.9. The number of aliphatic hydroxyl groups is 1. The number of hydrogen-bond donors (Lipinski definition) is 1. The monoisotopic (exact) mass is 359 g/mol. The Morgan fingerprint density at radius 1 is 1.37 bits per heavy atom. The van der Waals surface area contributed by atoms with Crippen LogP contribution in [-0.2, 0) is 0 Å². The molecule has 0 spiro atoms. The molecule has 1 aromatic carbocycles. The van der Waals surface area contributed by atoms with E-state index in [-0.39, 0.29) is 0 Å². The number of anilines is 1. The lowest BCUT2D eigenvalue weighted by Gasteiger charge is -2.10. The van der Waals surface area contributed by atoms with E-state index >= 15 is 0 Å². The first-order valence-corrected chi connectivity index (χ1v) is 8.06. The molecule has 19 heavy (non-hydrogen) atoms. The first-order valence-electron chi connectivity index (χ1n) is 5.63. The topological polar surface area (TPSA) is 49.3 Å². The van der Waals surface area contributed by atoms with Crippen LogP contribution in [0.4, 0.5) is 5.13 Å². The summed E-state index contributed by atoms with van der Waals surface area (Å²) in [6, 6.07) is 5.84. The van der Waals surface area contributed by atoms with Crippen LogP contribution in [0, 0.1) is 0 Å². The number of aliphatic hydroxyl groups excluding tert-OH is 1. The highest BCUT2D eigenvalue weighted by molar-refractivity contribution is 9.10. The summed E-state index contributed by atoms with van der Waals surface area (Å²) in [4.78, 5) is 2.92. The summed E-state index contributed by atoms with van der Waals surface area (Å²) in [7, 11) is 3.88. The van der Waals surface area contributed by atoms with Crippen LogP contribution in [0.3, 0.4) is 0 Å². The Morgan fingerprint density at radius 2 is 2.11 bits per heavy atom. The molecule has 2 rings (SSSR count). The van der Waals surface area contributed by atoms with E-state index in [4.69, 9.17) is 0 Å². The fourth-order valence-electron chi connectivity index (χ4n) is 1.46. The molecule has 2 aromatic rings. The van der Waals surface area contributed by atoms with Gasteiger partial charge in [0.2, 0.25) is 5.13 Å². The molecule has 0 aliphatic heterocycles. The fraction of sp³-hybridized carbons (Fsp3) is 0.333. The predicted octanol–water partition coefficient (Wildman–Crippen LogP) is 3.57. The van der Waals surface area contributed by atoms with Gasteiger partial charge in [0.25, 0.3) is 0 Å². The van der Waals surface area contributed by atoms with Crippen LogP contribution in [0.25, 0.3) is 0 Å². The number of rotatable bonds is 4. The van der Waals surface area contributed by atoms with E-state index in [2.05, 4.69) is 26.1 Å². The van der Waals surface area contributed by atoms with Crippen LogP contribution in [0.5, 0.6) is 0 Å². The van der Waals surface area contributed by atoms with E-state index in [0.717, 1.165) is 24.4 Å². The summed E-state index contributed by atoms with van der Waals surface area (Å²) >= 11 is 6.51. The average molecular weight is 360 g/mol. The van der Waals surface area contributed by atoms with Gasteiger partial charge in [0.1, 0.15) is 0 Å². The van der Waals surface area contributed by atoms with Crippen molar-refractivity contribution in [3.8, 4) is 0 Å². The molecule has 0 aliphatic carbocycles. The maximum atomic E-state index is 9.80. The second-order valence-electron chi connectivity index (χ2n) is 4.21. The quantitative estimate of drug-likeness (QED) is 0.903. The molecule has 4 nitrogen and oxygen atoms in total. The van der Waals surface area contributed by atoms with Crippen LogP contribution < -0.4 is 4.90 Å². The van der Waals surface area contributed by atoms with Crippen LogP contribution in [-0.4, -0.2) is 29.4 Å². The summed E-state index contributed by atoms with van der Waals surface area (Å²) in [5.74, 6) is 0. The number of hydrogen-bond acceptors (Lipinski definition) is 6. The molecule has 0 aliphatic rings. The zero-order valence-corrected chi connectivity index (χ0v) is 14.0. The summed E-state index contributed by atoms with van der Waals surface area (Å²) in [5.41, 5.74) is 0.898. The highest BCUT2D eigenvalue weighted by Gasteiger charge is 2.13. The largest absolute Gasteiger partial charge is 0.389 e. The Balaban J connectivity index is 2.28. The van der Waals surface area contributed by atoms with Crippen LogP contribution in [0.15, 0.2) is 31.9 Å². The van der Waals surface area contributed by atoms with Crippen LogP contribution in [0.1, 0.15) is 18.6 Å². The molecule has 0 saturated carbocycles. The molecule has 7 heteroatoms. The van der Waals surface area contributed by atoms with Crippen molar-refractivity contribution in [2.45, 2.75) is 22.3 Å². The molecule has 0 amide bonds. The van der Waals surface area contributed by atoms with E-state index in [1.165, 1.54) is 23.1 Å². The van der Waals surface area contributed by atoms with Gasteiger partial charge in [0.15, 0.2) is 4.34 Å². The van der Waals surface area contributed by atoms with Gasteiger partial charge in [0, 0.05) is 23.5 Å². The zero-order chi connectivity index (χ0) is 14.0. The maximum absolute atomic E-state index is 9.80. The van der Waals surface area contributed by atoms with Crippen LogP contribution in [0.2, 0.25) is 0 Å². The second kappa shape index (κ2) is 6.21. The lowest BCUT2D eigenvalue weighted by atomic mass is 10.1. The minimum absolute atomic E-state index is 0.503. The van der Waals surface area contributed by atoms with E-state index in [1.807, 2.05) is 37.2 Å². The van der Waals surface area contributed by atoms with E-state index < -0.39 is 6.10 Å². The molecular weight excluding hydrogens is 346 g/mol. The number of benzene rings is 1. The standard InChI is InChI=1S/C12H14BrN3OS2/c1-7(17)9-5-4-8(13)6-10(9)18-12-15-14-11(19-12)16(2)3/h4-7,17H,1-3H3. The molecule has 0 radical (unpaired) electrons. The minimum atomic E-state index is -0.503. The van der Waals surface area contributed by atoms with Gasteiger partial charge in [-0.05, 0) is 24.6 Å². The summed E-state index contributed by atoms with van der Waals surface area (Å²) in [6.07, 6.45) is -0.503. The van der Waals surface area contributed by atoms with E-state index in [1.54, 1.807) is 6.92 Å². The number of nitrogens with zero attached hydrogens (tertiary/aromatic N) is 3. The van der Waals surface area contributed by atoms with Crippen LogP contribution >= 0.6 is 39.0 Å². The highest BCUT2D eigenvalue weighted by Crippen LogP contribution is 2.37. The van der Waals surface area contributed by atoms with Gasteiger partial charge >= 0.3 is 0 Å². The van der Waals surface area contributed by atoms with Crippen molar-refractivity contribution in [2.24, 2.45) is 0 Å². The van der Waals surface area contributed by atoms with Crippen molar-refractivity contribution >= 4 is 44.2 Å². The lowest BCUT2D eigenvalue weighted by Crippen LogP contribution is -2.07. The summed E-state index contributed by atoms with van der Waals surface area (Å²) < 4.78 is 1.85. The number of halogens is 1. The Hall–Kier alpha value is -0.630. The molecule has 102 valence electrons. The fourth-order valence-corrected chi connectivity index (χ4v) is 3.95. The average Bonchev–Trinajstić information content (AvgIpc) is 2.77. The van der Waals surface area contributed by atoms with Crippen molar-refractivity contribution in [1.29, 1.82) is 0 Å². The van der Waals surface area contributed by atoms with Gasteiger partial charge in [0.05, 0.1) is 6.10 Å². The van der Waals surface area contributed by atoms with Crippen molar-refractivity contribution in [3.63, 3.8) is 0 Å². The third-order valence-corrected chi connectivity index (χ3v) is 5.11. The minimum Gasteiger partial charge on any atom is -0.389 e. The van der Waals surface area contributed by atoms with Gasteiger partial charge < -0.3 is 10.0 Å². The lowest BCUT2D eigenvalue weighted by molar-refractivity contribution is 0.196. The molecule has 1 heterocycles. The normalized spacial score (nSPS) is 12.5. The zero-order valence-electron chi connectivity index (χ0n) is 10.8. The molecule has 0 bridgehead atoms. The van der Waals surface area contributed by atoms with Gasteiger partial charge in [-0.15, -0.1) is 10.2 Å². The van der Waals surface area contributed by atoms with Crippen molar-refractivity contribution in [2.75, 3.05) is 19.0 Å². The third-order valence-electron chi connectivity index (χ3n) is 2.40. The van der Waals surface area contributed by atoms with Gasteiger partial charge in [-0.25, -0.2) is 0 Å². The molecule has 1 unspecified atom stereocenters. The van der Waals surface area contributed by atoms with Gasteiger partial charge in [-0.2, -0.15) is 0 Å². The van der Waals surface area contributed by atoms with Crippen molar-refractivity contribution in [1.82, 2.24) is 10.2 Å². The molecule has 0 fully saturated rings. The Labute approximate surface area is 129 Å². The highest BCUT2D eigenvalue weighted by atomic mass is 79.9. The molecule has 1 aromatic heterocycles. The van der Waals surface area contributed by atoms with Crippen molar-refractivity contribution < 1.29 is 5.11 Å². The van der Waals surface area contributed by atoms with E-state index in [0.29, 0.717) is 0 Å². The molecular formula is C12H14BrN3OS2. The van der Waals surface area contributed by atoms with Gasteiger partial charge in [-0.1, -0.05) is 45.1 Å². The maximum Gasteiger partial charge on any atom is 0.208 e. The first-order chi connectivity index (χ1) is 8.97. The molecule has 1 atom stereocenters. The Kier molecular flexibility index (Phi) is 4.83. The Bertz CT molecular complexity index is 572. The second-order valence-corrected chi connectivity index (χ2v) is 7.37. The smallest absolute Gasteiger partial charge is 0.208 e.